The van der Waals surface area contributed by atoms with Crippen LogP contribution in [0.2, 0.25) is 0 Å². The molecule has 232 valence electrons. The zero-order valence-corrected chi connectivity index (χ0v) is 24.9. The summed E-state index contributed by atoms with van der Waals surface area (Å²) < 4.78 is 0. The predicted octanol–water partition coefficient (Wildman–Crippen LogP) is 4.60. The van der Waals surface area contributed by atoms with Crippen LogP contribution < -0.4 is 16.9 Å². The number of amides is 2. The van der Waals surface area contributed by atoms with E-state index in [0.29, 0.717) is 12.8 Å². The fourth-order valence-electron chi connectivity index (χ4n) is 5.58. The van der Waals surface area contributed by atoms with Crippen LogP contribution in [0.1, 0.15) is 53.4 Å². The molecule has 0 aliphatic rings. The second kappa shape index (κ2) is 16.4. The van der Waals surface area contributed by atoms with Gasteiger partial charge in [0.05, 0.1) is 5.92 Å². The summed E-state index contributed by atoms with van der Waals surface area (Å²) in [5.74, 6) is -1.93. The Morgan fingerprint density at radius 2 is 1.18 bits per heavy atom. The molecule has 0 aliphatic carbocycles. The lowest BCUT2D eigenvalue weighted by Gasteiger charge is -2.34. The number of rotatable bonds is 15. The molecule has 4 aromatic rings. The van der Waals surface area contributed by atoms with Gasteiger partial charge in [0, 0.05) is 19.0 Å². The highest BCUT2D eigenvalue weighted by Crippen LogP contribution is 2.32. The van der Waals surface area contributed by atoms with Crippen molar-refractivity contribution in [3.05, 3.63) is 154 Å². The van der Waals surface area contributed by atoms with Gasteiger partial charge in [0.15, 0.2) is 5.03 Å². The minimum atomic E-state index is -0.945. The first-order valence-electron chi connectivity index (χ1n) is 14.9. The highest BCUT2D eigenvalue weighted by molar-refractivity contribution is 5.92. The molecule has 0 saturated heterocycles. The molecule has 0 fully saturated rings. The molecule has 0 aromatic heterocycles. The van der Waals surface area contributed by atoms with Crippen molar-refractivity contribution in [2.24, 2.45) is 16.5 Å². The van der Waals surface area contributed by atoms with Crippen molar-refractivity contribution >= 4 is 17.8 Å². The van der Waals surface area contributed by atoms with Gasteiger partial charge >= 0.3 is 0 Å². The van der Waals surface area contributed by atoms with Gasteiger partial charge in [0.1, 0.15) is 6.04 Å². The molecule has 10 heteroatoms. The molecule has 0 saturated carbocycles. The molecule has 0 aliphatic heterocycles. The van der Waals surface area contributed by atoms with Gasteiger partial charge in [-0.15, -0.1) is 0 Å². The Morgan fingerprint density at radius 1 is 0.733 bits per heavy atom. The average Bonchev–Trinajstić information content (AvgIpc) is 3.05. The van der Waals surface area contributed by atoms with Crippen molar-refractivity contribution in [2.45, 2.75) is 37.1 Å². The van der Waals surface area contributed by atoms with Gasteiger partial charge in [-0.25, -0.2) is 15.1 Å². The van der Waals surface area contributed by atoms with Crippen LogP contribution >= 0.6 is 0 Å². The van der Waals surface area contributed by atoms with E-state index in [1.807, 2.05) is 97.1 Å². The lowest BCUT2D eigenvalue weighted by molar-refractivity contribution is -0.525. The Balaban J connectivity index is 1.70. The highest BCUT2D eigenvalue weighted by atomic mass is 16.7. The highest BCUT2D eigenvalue weighted by Gasteiger charge is 2.34. The molecule has 0 unspecified atom stereocenters. The van der Waals surface area contributed by atoms with E-state index in [-0.39, 0.29) is 37.3 Å². The lowest BCUT2D eigenvalue weighted by atomic mass is 9.86. The van der Waals surface area contributed by atoms with Crippen LogP contribution in [-0.4, -0.2) is 46.8 Å². The molecule has 0 bridgehead atoms. The number of guanidine groups is 1. The largest absolute Gasteiger partial charge is 0.368 e. The number of nitro groups is 1. The lowest BCUT2D eigenvalue weighted by Crippen LogP contribution is -2.50. The van der Waals surface area contributed by atoms with E-state index in [1.54, 1.807) is 10.3 Å². The van der Waals surface area contributed by atoms with Gasteiger partial charge in [-0.05, 0) is 41.5 Å². The Morgan fingerprint density at radius 3 is 1.60 bits per heavy atom. The first-order chi connectivity index (χ1) is 21.8. The predicted molar refractivity (Wildman–Crippen MR) is 175 cm³/mol. The molecule has 4 rings (SSSR count). The molecule has 0 radical (unpaired) electrons. The summed E-state index contributed by atoms with van der Waals surface area (Å²) in [4.78, 5) is 44.0. The second-order valence-corrected chi connectivity index (χ2v) is 10.6. The summed E-state index contributed by atoms with van der Waals surface area (Å²) in [5.41, 5.74) is 17.1. The molecule has 10 nitrogen and oxygen atoms in total. The summed E-state index contributed by atoms with van der Waals surface area (Å²) in [6.45, 7) is 0.362. The Kier molecular flexibility index (Phi) is 11.8. The fourth-order valence-corrected chi connectivity index (χ4v) is 5.58. The topological polar surface area (TPSA) is 157 Å². The Bertz CT molecular complexity index is 1470. The van der Waals surface area contributed by atoms with Gasteiger partial charge in [-0.1, -0.05) is 127 Å². The van der Waals surface area contributed by atoms with Crippen LogP contribution in [0.25, 0.3) is 0 Å². The van der Waals surface area contributed by atoms with Crippen molar-refractivity contribution in [3.63, 3.8) is 0 Å². The average molecular weight is 607 g/mol. The molecular formula is C35H38N6O4. The fraction of sp³-hybridized carbons (Fsp3) is 0.229. The molecular weight excluding hydrogens is 568 g/mol. The summed E-state index contributed by atoms with van der Waals surface area (Å²) >= 11 is 0. The third-order valence-electron chi connectivity index (χ3n) is 7.69. The second-order valence-electron chi connectivity index (χ2n) is 10.6. The van der Waals surface area contributed by atoms with Crippen LogP contribution in [0, 0.1) is 10.1 Å². The number of aliphatic imine (C=N–C) groups is 1. The van der Waals surface area contributed by atoms with Gasteiger partial charge in [-0.2, -0.15) is 0 Å². The maximum Gasteiger partial charge on any atom is 0.251 e. The Labute approximate surface area is 262 Å². The van der Waals surface area contributed by atoms with Crippen LogP contribution in [-0.2, 0) is 9.59 Å². The van der Waals surface area contributed by atoms with Crippen molar-refractivity contribution in [3.8, 4) is 0 Å². The maximum atomic E-state index is 14.7. The van der Waals surface area contributed by atoms with E-state index in [2.05, 4.69) is 29.3 Å². The summed E-state index contributed by atoms with van der Waals surface area (Å²) in [7, 11) is 0. The number of hydrazine groups is 1. The molecule has 45 heavy (non-hydrogen) atoms. The minimum Gasteiger partial charge on any atom is -0.368 e. The Hall–Kier alpha value is -5.51. The van der Waals surface area contributed by atoms with E-state index in [9.17, 15) is 19.7 Å². The molecule has 4 aromatic carbocycles. The molecule has 0 heterocycles. The van der Waals surface area contributed by atoms with Crippen LogP contribution in [0.5, 0.6) is 0 Å². The van der Waals surface area contributed by atoms with E-state index in [0.717, 1.165) is 22.3 Å². The van der Waals surface area contributed by atoms with E-state index in [1.165, 1.54) is 0 Å². The number of carbonyl (C=O) groups is 2. The van der Waals surface area contributed by atoms with Crippen molar-refractivity contribution in [2.75, 3.05) is 13.1 Å². The van der Waals surface area contributed by atoms with Gasteiger partial charge in [-0.3, -0.25) is 9.59 Å². The number of nitrogens with one attached hydrogen (secondary N) is 1. The van der Waals surface area contributed by atoms with Crippen LogP contribution in [0.4, 0.5) is 0 Å². The first-order valence-corrected chi connectivity index (χ1v) is 14.9. The molecule has 5 N–H and O–H groups in total. The standard InChI is InChI=1S/C35H38N6O4/c36-33(42)31(22-13-24-38-35(37)39-41(44)45)40(25-23-30(26-14-5-1-6-15-26)27-16-7-2-8-17-27)34(43)32(28-18-9-3-10-19-28)29-20-11-4-12-21-29/h1-12,14-21,30-32H,13,22-25H2,(H2,36,42)(H3,37,38,39)/t31-/m0/s1. The quantitative estimate of drug-likeness (QED) is 0.0590. The van der Waals surface area contributed by atoms with E-state index in [4.69, 9.17) is 11.5 Å². The summed E-state index contributed by atoms with van der Waals surface area (Å²) in [6.07, 6.45) is 1.06. The number of hydrogen-bond acceptors (Lipinski definition) is 5. The molecule has 0 spiro atoms. The van der Waals surface area contributed by atoms with Crippen molar-refractivity contribution in [1.82, 2.24) is 10.3 Å². The number of nitrogens with two attached hydrogens (primary N) is 2. The van der Waals surface area contributed by atoms with Gasteiger partial charge < -0.3 is 16.4 Å². The van der Waals surface area contributed by atoms with Gasteiger partial charge in [0.25, 0.3) is 5.96 Å². The number of primary amides is 1. The zero-order valence-electron chi connectivity index (χ0n) is 24.9. The number of hydrogen-bond donors (Lipinski definition) is 3. The van der Waals surface area contributed by atoms with Crippen LogP contribution in [0.15, 0.2) is 126 Å². The minimum absolute atomic E-state index is 0.0410. The number of benzene rings is 4. The monoisotopic (exact) mass is 606 g/mol. The maximum absolute atomic E-state index is 14.7. The van der Waals surface area contributed by atoms with Crippen LogP contribution in [0.3, 0.4) is 0 Å². The molecule has 1 atom stereocenters. The third kappa shape index (κ3) is 9.24. The smallest absolute Gasteiger partial charge is 0.251 e. The van der Waals surface area contributed by atoms with Crippen molar-refractivity contribution in [1.29, 1.82) is 0 Å². The van der Waals surface area contributed by atoms with E-state index < -0.39 is 22.9 Å². The van der Waals surface area contributed by atoms with E-state index >= 15 is 0 Å². The molecule has 2 amide bonds. The summed E-state index contributed by atoms with van der Waals surface area (Å²) in [5, 5.41) is 9.87. The summed E-state index contributed by atoms with van der Waals surface area (Å²) in [6, 6.07) is 38.1. The number of nitrogens with zero attached hydrogens (tertiary/aromatic N) is 3. The van der Waals surface area contributed by atoms with Crippen molar-refractivity contribution < 1.29 is 14.6 Å². The SMILES string of the molecule is NC(=O)[C@H](CCCN=C(N)N[N+](=O)[O-])N(CCC(c1ccccc1)c1ccccc1)C(=O)C(c1ccccc1)c1ccccc1. The number of carbonyl (C=O) groups excluding carboxylic acids is 2. The normalized spacial score (nSPS) is 12.1. The third-order valence-corrected chi connectivity index (χ3v) is 7.69. The zero-order chi connectivity index (χ0) is 32.0. The van der Waals surface area contributed by atoms with Gasteiger partial charge in [0.2, 0.25) is 11.8 Å². The first kappa shape index (κ1) is 32.4.